The Kier molecular flexibility index (Phi) is 11.4. The lowest BCUT2D eigenvalue weighted by atomic mass is 9.82. The molecule has 7 rings (SSSR count). The van der Waals surface area contributed by atoms with Crippen LogP contribution in [-0.4, -0.2) is 83.2 Å². The number of hydrogen-bond acceptors (Lipinski definition) is 10. The molecule has 4 fully saturated rings. The maximum Gasteiger partial charge on any atom is 0.427 e. The number of fused-ring (bicyclic) bond motifs is 3. The number of allylic oxidation sites excluding steroid dienone is 2. The molecule has 12 nitrogen and oxygen atoms in total. The normalized spacial score (nSPS) is 30.6. The molecule has 0 unspecified atom stereocenters. The number of hydrogen-bond donors (Lipinski definition) is 1. The second-order valence-electron chi connectivity index (χ2n) is 18.4. The number of esters is 1. The molecule has 2 amide bonds. The van der Waals surface area contributed by atoms with E-state index in [2.05, 4.69) is 9.71 Å². The molecule has 1 saturated heterocycles. The van der Waals surface area contributed by atoms with Crippen molar-refractivity contribution in [3.63, 3.8) is 0 Å². The zero-order chi connectivity index (χ0) is 42.7. The van der Waals surface area contributed by atoms with E-state index in [0.717, 1.165) is 32.1 Å². The molecule has 7 atom stereocenters. The van der Waals surface area contributed by atoms with Crippen LogP contribution in [0.3, 0.4) is 0 Å². The first kappa shape index (κ1) is 42.9. The lowest BCUT2D eigenvalue weighted by Crippen LogP contribution is -2.48. The van der Waals surface area contributed by atoms with Crippen LogP contribution in [0, 0.1) is 29.1 Å². The number of benzene rings is 1. The number of pyridine rings is 1. The van der Waals surface area contributed by atoms with Gasteiger partial charge in [-0.25, -0.2) is 13.4 Å². The molecule has 59 heavy (non-hydrogen) atoms. The molecule has 1 aromatic carbocycles. The topological polar surface area (TPSA) is 158 Å². The third-order valence-electron chi connectivity index (χ3n) is 13.1. The predicted molar refractivity (Wildman–Crippen MR) is 210 cm³/mol. The third kappa shape index (κ3) is 8.97. The summed E-state index contributed by atoms with van der Waals surface area (Å²) in [5.41, 5.74) is -4.18. The zero-order valence-corrected chi connectivity index (χ0v) is 35.0. The summed E-state index contributed by atoms with van der Waals surface area (Å²) in [6, 6.07) is 6.23. The largest absolute Gasteiger partial charge is 0.488 e. The van der Waals surface area contributed by atoms with Gasteiger partial charge < -0.3 is 19.1 Å². The SMILES string of the molecule is C[C@@H]1CC/C=C\[C@@H]2C[C@@]2(C(=O)NS(=O)(=O)C2(C)CC2)CC(=O)[C@@H]2C[C@@H](Oc3ncc(OC4CC4)c4ccccc34)CN2C(=O)[C@@H](CC(=O)OC(C)(C)C(F)(F)F)[C@H](C)C1. The summed E-state index contributed by atoms with van der Waals surface area (Å²) in [5, 5.41) is 1.42. The van der Waals surface area contributed by atoms with Crippen LogP contribution in [0.2, 0.25) is 0 Å². The van der Waals surface area contributed by atoms with Gasteiger partial charge in [0.1, 0.15) is 11.9 Å². The third-order valence-corrected chi connectivity index (χ3v) is 15.2. The minimum Gasteiger partial charge on any atom is -0.488 e. The predicted octanol–water partition coefficient (Wildman–Crippen LogP) is 6.99. The number of carbonyl (C=O) groups is 4. The minimum absolute atomic E-state index is 0.0153. The van der Waals surface area contributed by atoms with E-state index in [1.807, 2.05) is 43.3 Å². The number of sulfonamides is 1. The summed E-state index contributed by atoms with van der Waals surface area (Å²) < 4.78 is 86.6. The molecule has 3 heterocycles. The summed E-state index contributed by atoms with van der Waals surface area (Å²) in [6.07, 6.45) is 3.42. The summed E-state index contributed by atoms with van der Waals surface area (Å²) in [5.74, 6) is -4.30. The fourth-order valence-electron chi connectivity index (χ4n) is 8.50. The van der Waals surface area contributed by atoms with Crippen LogP contribution in [0.1, 0.15) is 105 Å². The van der Waals surface area contributed by atoms with Gasteiger partial charge in [-0.2, -0.15) is 13.2 Å². The fourth-order valence-corrected chi connectivity index (χ4v) is 9.83. The highest BCUT2D eigenvalue weighted by Gasteiger charge is 2.63. The Labute approximate surface area is 343 Å². The molecule has 3 aliphatic carbocycles. The molecular formula is C43H54F3N3O9S. The van der Waals surface area contributed by atoms with Crippen LogP contribution < -0.4 is 14.2 Å². The lowest BCUT2D eigenvalue weighted by Gasteiger charge is -2.33. The maximum atomic E-state index is 14.9. The average Bonchev–Trinajstić information content (AvgIpc) is 4.11. The van der Waals surface area contributed by atoms with Crippen LogP contribution in [0.15, 0.2) is 42.6 Å². The van der Waals surface area contributed by atoms with Crippen LogP contribution in [-0.2, 0) is 33.9 Å². The molecule has 0 spiro atoms. The van der Waals surface area contributed by atoms with Gasteiger partial charge in [0, 0.05) is 23.6 Å². The van der Waals surface area contributed by atoms with E-state index in [1.165, 1.54) is 4.90 Å². The summed E-state index contributed by atoms with van der Waals surface area (Å²) in [4.78, 5) is 62.7. The van der Waals surface area contributed by atoms with Gasteiger partial charge in [0.2, 0.25) is 33.3 Å². The lowest BCUT2D eigenvalue weighted by molar-refractivity contribution is -0.257. The van der Waals surface area contributed by atoms with E-state index in [-0.39, 0.29) is 43.7 Å². The van der Waals surface area contributed by atoms with Gasteiger partial charge in [-0.05, 0) is 96.0 Å². The number of nitrogens with one attached hydrogen (secondary N) is 1. The van der Waals surface area contributed by atoms with Crippen molar-refractivity contribution in [3.05, 3.63) is 42.6 Å². The van der Waals surface area contributed by atoms with Crippen molar-refractivity contribution in [2.45, 2.75) is 140 Å². The number of carbonyl (C=O) groups excluding carboxylic acids is 4. The highest BCUT2D eigenvalue weighted by atomic mass is 32.2. The highest BCUT2D eigenvalue weighted by Crippen LogP contribution is 2.58. The average molecular weight is 846 g/mol. The van der Waals surface area contributed by atoms with E-state index in [4.69, 9.17) is 14.2 Å². The molecule has 5 aliphatic rings. The van der Waals surface area contributed by atoms with Crippen molar-refractivity contribution in [1.29, 1.82) is 0 Å². The Morgan fingerprint density at radius 1 is 1.00 bits per heavy atom. The van der Waals surface area contributed by atoms with Gasteiger partial charge in [-0.3, -0.25) is 23.9 Å². The first-order valence-corrected chi connectivity index (χ1v) is 22.2. The van der Waals surface area contributed by atoms with Gasteiger partial charge >= 0.3 is 12.1 Å². The maximum absolute atomic E-state index is 14.9. The monoisotopic (exact) mass is 845 g/mol. The number of alkyl halides is 3. The van der Waals surface area contributed by atoms with E-state index in [9.17, 15) is 40.8 Å². The van der Waals surface area contributed by atoms with Gasteiger partial charge in [-0.1, -0.05) is 44.2 Å². The van der Waals surface area contributed by atoms with Crippen molar-refractivity contribution in [3.8, 4) is 11.6 Å². The van der Waals surface area contributed by atoms with Gasteiger partial charge in [0.05, 0.1) is 47.4 Å². The first-order chi connectivity index (χ1) is 27.6. The van der Waals surface area contributed by atoms with Crippen LogP contribution in [0.25, 0.3) is 10.8 Å². The van der Waals surface area contributed by atoms with E-state index in [1.54, 1.807) is 20.0 Å². The zero-order valence-electron chi connectivity index (χ0n) is 34.2. The molecule has 16 heteroatoms. The van der Waals surface area contributed by atoms with Crippen LogP contribution in [0.5, 0.6) is 11.6 Å². The first-order valence-electron chi connectivity index (χ1n) is 20.7. The van der Waals surface area contributed by atoms with Crippen molar-refractivity contribution < 1.29 is 55.0 Å². The summed E-state index contributed by atoms with van der Waals surface area (Å²) >= 11 is 0. The Morgan fingerprint density at radius 3 is 2.36 bits per heavy atom. The number of aromatic nitrogens is 1. The Hall–Kier alpha value is -4.21. The number of amides is 2. The van der Waals surface area contributed by atoms with Gasteiger partial charge in [0.25, 0.3) is 0 Å². The van der Waals surface area contributed by atoms with Crippen LogP contribution >= 0.6 is 0 Å². The number of ketones is 1. The number of ether oxygens (including phenoxy) is 3. The number of Topliss-reactive ketones (excluding diaryl/α,β-unsaturated/α-hetero) is 1. The number of nitrogens with zero attached hydrogens (tertiary/aromatic N) is 2. The molecule has 2 aliphatic heterocycles. The smallest absolute Gasteiger partial charge is 0.427 e. The van der Waals surface area contributed by atoms with E-state index in [0.29, 0.717) is 43.2 Å². The molecular weight excluding hydrogens is 792 g/mol. The Morgan fingerprint density at radius 2 is 1.69 bits per heavy atom. The fraction of sp³-hybridized carbons (Fsp3) is 0.651. The molecule has 2 aromatic rings. The van der Waals surface area contributed by atoms with E-state index >= 15 is 0 Å². The van der Waals surface area contributed by atoms with E-state index < -0.39 is 91.8 Å². The van der Waals surface area contributed by atoms with Crippen molar-refractivity contribution >= 4 is 44.4 Å². The molecule has 0 bridgehead atoms. The van der Waals surface area contributed by atoms with Crippen molar-refractivity contribution in [2.24, 2.45) is 29.1 Å². The molecule has 322 valence electrons. The minimum atomic E-state index is -4.86. The second-order valence-corrected chi connectivity index (χ2v) is 20.6. The molecule has 1 aromatic heterocycles. The van der Waals surface area contributed by atoms with Crippen molar-refractivity contribution in [1.82, 2.24) is 14.6 Å². The van der Waals surface area contributed by atoms with Gasteiger partial charge in [-0.15, -0.1) is 0 Å². The highest BCUT2D eigenvalue weighted by molar-refractivity contribution is 7.91. The summed E-state index contributed by atoms with van der Waals surface area (Å²) in [6.45, 7) is 6.69. The molecule has 1 N–H and O–H groups in total. The van der Waals surface area contributed by atoms with Crippen LogP contribution in [0.4, 0.5) is 13.2 Å². The Bertz CT molecular complexity index is 2130. The summed E-state index contributed by atoms with van der Waals surface area (Å²) in [7, 11) is -4.03. The number of rotatable bonds is 10. The van der Waals surface area contributed by atoms with Gasteiger partial charge in [0.15, 0.2) is 5.78 Å². The molecule has 3 saturated carbocycles. The quantitative estimate of drug-likeness (QED) is 0.195. The van der Waals surface area contributed by atoms with Crippen molar-refractivity contribution in [2.75, 3.05) is 6.54 Å². The standard InChI is InChI=1S/C43H54F3N3O9S/c1-25-10-6-7-11-27-21-42(27,39(53)48-59(54,55)41(5)16-17-41)22-34(50)33-19-29(57-37-31-13-9-8-12-30(31)35(23-47-37)56-28-14-15-28)24-49(33)38(52)32(26(2)18-25)20-36(51)58-40(3,4)43(44,45)46/h7-9,11-13,23,25-29,32-33H,6,10,14-22,24H2,1-5H3,(H,48,53)/b11-7-/t25-,26-,27-,29-,32+,33+,42-/m1/s1. The Balaban J connectivity index is 1.22. The number of halogens is 3. The molecule has 0 radical (unpaired) electrons. The second kappa shape index (κ2) is 15.7.